The predicted molar refractivity (Wildman–Crippen MR) is 95.8 cm³/mol. The molecule has 1 unspecified atom stereocenters. The Balaban J connectivity index is 2.09. The molecule has 24 heavy (non-hydrogen) atoms. The normalized spacial score (nSPS) is 12.6. The highest BCUT2D eigenvalue weighted by Crippen LogP contribution is 2.30. The molecular weight excluding hydrogens is 296 g/mol. The minimum absolute atomic E-state index is 0.706. The van der Waals surface area contributed by atoms with E-state index >= 15 is 0 Å². The van der Waals surface area contributed by atoms with E-state index in [-0.39, 0.29) is 0 Å². The van der Waals surface area contributed by atoms with Gasteiger partial charge in [-0.3, -0.25) is 0 Å². The highest BCUT2D eigenvalue weighted by Gasteiger charge is 2.29. The molecule has 1 atom stereocenters. The van der Waals surface area contributed by atoms with Crippen LogP contribution in [0.1, 0.15) is 16.7 Å². The van der Waals surface area contributed by atoms with E-state index in [1.54, 1.807) is 7.11 Å². The van der Waals surface area contributed by atoms with Crippen LogP contribution in [-0.4, -0.2) is 12.2 Å². The molecule has 2 nitrogen and oxygen atoms in total. The summed E-state index contributed by atoms with van der Waals surface area (Å²) in [7, 11) is 1.62. The first-order valence-electron chi connectivity index (χ1n) is 7.73. The molecule has 0 saturated heterocycles. The summed E-state index contributed by atoms with van der Waals surface area (Å²) in [6, 6.07) is 26.4. The minimum Gasteiger partial charge on any atom is -0.497 e. The number of hydrogen-bond acceptors (Lipinski definition) is 2. The summed E-state index contributed by atoms with van der Waals surface area (Å²) in [5.74, 6) is 6.87. The van der Waals surface area contributed by atoms with Gasteiger partial charge < -0.3 is 9.84 Å². The van der Waals surface area contributed by atoms with E-state index in [1.165, 1.54) is 0 Å². The monoisotopic (exact) mass is 314 g/mol. The Hall–Kier alpha value is -3.02. The summed E-state index contributed by atoms with van der Waals surface area (Å²) in [5.41, 5.74) is 0.917. The van der Waals surface area contributed by atoms with E-state index in [0.29, 0.717) is 5.56 Å². The third-order valence-electron chi connectivity index (χ3n) is 3.86. The first-order chi connectivity index (χ1) is 11.7. The molecule has 0 aliphatic heterocycles. The van der Waals surface area contributed by atoms with Crippen LogP contribution in [0, 0.1) is 11.8 Å². The Morgan fingerprint density at radius 3 is 1.88 bits per heavy atom. The van der Waals surface area contributed by atoms with Crippen molar-refractivity contribution in [3.8, 4) is 17.6 Å². The molecule has 0 aromatic heterocycles. The van der Waals surface area contributed by atoms with E-state index < -0.39 is 5.60 Å². The molecule has 0 bridgehead atoms. The molecular formula is C22H18O2. The zero-order chi connectivity index (χ0) is 16.8. The van der Waals surface area contributed by atoms with Gasteiger partial charge in [0.2, 0.25) is 0 Å². The van der Waals surface area contributed by atoms with Crippen molar-refractivity contribution in [2.75, 3.05) is 7.11 Å². The van der Waals surface area contributed by atoms with Gasteiger partial charge in [0.25, 0.3) is 0 Å². The quantitative estimate of drug-likeness (QED) is 0.741. The van der Waals surface area contributed by atoms with E-state index in [2.05, 4.69) is 11.8 Å². The topological polar surface area (TPSA) is 29.5 Å². The lowest BCUT2D eigenvalue weighted by atomic mass is 9.86. The fourth-order valence-electron chi connectivity index (χ4n) is 2.51. The van der Waals surface area contributed by atoms with Crippen LogP contribution >= 0.6 is 0 Å². The Kier molecular flexibility index (Phi) is 4.65. The van der Waals surface area contributed by atoms with Gasteiger partial charge in [0.05, 0.1) is 7.11 Å². The Morgan fingerprint density at radius 2 is 1.29 bits per heavy atom. The van der Waals surface area contributed by atoms with Crippen molar-refractivity contribution in [2.45, 2.75) is 5.60 Å². The van der Waals surface area contributed by atoms with E-state index in [4.69, 9.17) is 4.74 Å². The molecule has 0 saturated carbocycles. The van der Waals surface area contributed by atoms with Crippen molar-refractivity contribution in [3.63, 3.8) is 0 Å². The molecule has 3 rings (SSSR count). The highest BCUT2D eigenvalue weighted by molar-refractivity contribution is 5.48. The second kappa shape index (κ2) is 7.04. The fourth-order valence-corrected chi connectivity index (χ4v) is 2.51. The minimum atomic E-state index is -1.39. The third-order valence-corrected chi connectivity index (χ3v) is 3.86. The number of methoxy groups -OCH3 is 1. The fraction of sp³-hybridized carbons (Fsp3) is 0.0909. The summed E-state index contributed by atoms with van der Waals surface area (Å²) < 4.78 is 5.20. The van der Waals surface area contributed by atoms with Gasteiger partial charge in [-0.25, -0.2) is 0 Å². The van der Waals surface area contributed by atoms with Gasteiger partial charge in [0.1, 0.15) is 5.75 Å². The molecule has 0 amide bonds. The van der Waals surface area contributed by atoms with Crippen molar-refractivity contribution in [2.24, 2.45) is 0 Å². The molecule has 0 fully saturated rings. The molecule has 1 N–H and O–H groups in total. The van der Waals surface area contributed by atoms with Crippen LogP contribution in [-0.2, 0) is 5.60 Å². The number of benzene rings is 3. The average molecular weight is 314 g/mol. The van der Waals surface area contributed by atoms with E-state index in [0.717, 1.165) is 16.9 Å². The van der Waals surface area contributed by atoms with Gasteiger partial charge in [-0.1, -0.05) is 72.5 Å². The maximum absolute atomic E-state index is 11.4. The standard InChI is InChI=1S/C22H18O2/c1-24-21-14-12-20(13-15-21)22(23,19-10-6-3-7-11-19)17-16-18-8-4-2-5-9-18/h2-15,23H,1H3. The third kappa shape index (κ3) is 3.32. The van der Waals surface area contributed by atoms with Gasteiger partial charge in [-0.15, -0.1) is 0 Å². The molecule has 0 aliphatic rings. The summed E-state index contributed by atoms with van der Waals surface area (Å²) in [6.07, 6.45) is 0. The molecule has 0 aliphatic carbocycles. The second-order valence-electron chi connectivity index (χ2n) is 5.42. The van der Waals surface area contributed by atoms with Crippen LogP contribution in [0.25, 0.3) is 0 Å². The highest BCUT2D eigenvalue weighted by atomic mass is 16.5. The number of rotatable bonds is 3. The number of hydrogen-bond donors (Lipinski definition) is 1. The molecule has 118 valence electrons. The SMILES string of the molecule is COc1ccc(C(O)(C#Cc2ccccc2)c2ccccc2)cc1. The molecule has 0 spiro atoms. The van der Waals surface area contributed by atoms with Crippen LogP contribution in [0.2, 0.25) is 0 Å². The van der Waals surface area contributed by atoms with Crippen molar-refractivity contribution in [1.29, 1.82) is 0 Å². The Bertz CT molecular complexity index is 843. The smallest absolute Gasteiger partial charge is 0.177 e. The maximum atomic E-state index is 11.4. The molecule has 3 aromatic rings. The van der Waals surface area contributed by atoms with Crippen LogP contribution in [0.3, 0.4) is 0 Å². The molecule has 0 heterocycles. The van der Waals surface area contributed by atoms with Gasteiger partial charge in [0.15, 0.2) is 5.60 Å². The first-order valence-corrected chi connectivity index (χ1v) is 7.73. The van der Waals surface area contributed by atoms with Crippen molar-refractivity contribution < 1.29 is 9.84 Å². The largest absolute Gasteiger partial charge is 0.497 e. The van der Waals surface area contributed by atoms with Crippen molar-refractivity contribution in [1.82, 2.24) is 0 Å². The van der Waals surface area contributed by atoms with Gasteiger partial charge in [0, 0.05) is 16.7 Å². The molecule has 0 radical (unpaired) electrons. The van der Waals surface area contributed by atoms with Crippen LogP contribution in [0.4, 0.5) is 0 Å². The maximum Gasteiger partial charge on any atom is 0.177 e. The first kappa shape index (κ1) is 15.9. The predicted octanol–water partition coefficient (Wildman–Crippen LogP) is 3.98. The summed E-state index contributed by atoms with van der Waals surface area (Å²) in [4.78, 5) is 0. The lowest BCUT2D eigenvalue weighted by molar-refractivity contribution is 0.145. The lowest BCUT2D eigenvalue weighted by Crippen LogP contribution is -2.25. The second-order valence-corrected chi connectivity index (χ2v) is 5.42. The van der Waals surface area contributed by atoms with Crippen LogP contribution in [0.5, 0.6) is 5.75 Å². The van der Waals surface area contributed by atoms with E-state index in [9.17, 15) is 5.11 Å². The molecule has 2 heteroatoms. The summed E-state index contributed by atoms with van der Waals surface area (Å²) >= 11 is 0. The van der Waals surface area contributed by atoms with Gasteiger partial charge >= 0.3 is 0 Å². The van der Waals surface area contributed by atoms with Crippen molar-refractivity contribution >= 4 is 0 Å². The van der Waals surface area contributed by atoms with Crippen LogP contribution < -0.4 is 4.74 Å². The zero-order valence-electron chi connectivity index (χ0n) is 13.4. The lowest BCUT2D eigenvalue weighted by Gasteiger charge is -2.23. The van der Waals surface area contributed by atoms with Gasteiger partial charge in [-0.05, 0) is 24.3 Å². The number of ether oxygens (including phenoxy) is 1. The van der Waals surface area contributed by atoms with Crippen LogP contribution in [0.15, 0.2) is 84.9 Å². The van der Waals surface area contributed by atoms with Crippen molar-refractivity contribution in [3.05, 3.63) is 102 Å². The summed E-state index contributed by atoms with van der Waals surface area (Å²) in [5, 5.41) is 11.4. The Labute approximate surface area is 142 Å². The summed E-state index contributed by atoms with van der Waals surface area (Å²) in [6.45, 7) is 0. The Morgan fingerprint density at radius 1 is 0.750 bits per heavy atom. The zero-order valence-corrected chi connectivity index (χ0v) is 13.4. The number of aliphatic hydroxyl groups is 1. The average Bonchev–Trinajstić information content (AvgIpc) is 2.68. The molecule has 3 aromatic carbocycles. The van der Waals surface area contributed by atoms with Gasteiger partial charge in [-0.2, -0.15) is 0 Å². The van der Waals surface area contributed by atoms with E-state index in [1.807, 2.05) is 84.9 Å².